The summed E-state index contributed by atoms with van der Waals surface area (Å²) >= 11 is 6.09. The van der Waals surface area contributed by atoms with Gasteiger partial charge in [0.1, 0.15) is 16.7 Å². The van der Waals surface area contributed by atoms with Crippen LogP contribution < -0.4 is 14.8 Å². The Bertz CT molecular complexity index is 808. The summed E-state index contributed by atoms with van der Waals surface area (Å²) in [6.45, 7) is 2.78. The summed E-state index contributed by atoms with van der Waals surface area (Å²) in [5.41, 5.74) is 0.911. The Hall–Kier alpha value is -2.09. The molecule has 0 bridgehead atoms. The van der Waals surface area contributed by atoms with Crippen molar-refractivity contribution in [2.45, 2.75) is 4.90 Å². The summed E-state index contributed by atoms with van der Waals surface area (Å²) < 4.78 is 20.7. The largest absolute Gasteiger partial charge is 0.497 e. The van der Waals surface area contributed by atoms with E-state index in [4.69, 9.17) is 16.3 Å². The molecule has 1 atom stereocenters. The third kappa shape index (κ3) is 4.35. The average Bonchev–Trinajstić information content (AvgIpc) is 2.69. The van der Waals surface area contributed by atoms with Gasteiger partial charge >= 0.3 is 0 Å². The minimum Gasteiger partial charge on any atom is -0.497 e. The van der Waals surface area contributed by atoms with Crippen molar-refractivity contribution in [1.82, 2.24) is 10.2 Å². The standard InChI is InChI=1S/C18H20ClN3O3S/c1-25-14-3-5-15(6-4-14)26(24)21-17-7-2-13(19)12-16(17)18(23)22-10-8-20-9-11-22/h2-7,12,20-21H,8-11H2,1H3. The maximum Gasteiger partial charge on any atom is 0.256 e. The molecule has 1 saturated heterocycles. The molecule has 26 heavy (non-hydrogen) atoms. The van der Waals surface area contributed by atoms with Crippen molar-refractivity contribution in [2.75, 3.05) is 38.0 Å². The predicted molar refractivity (Wildman–Crippen MR) is 103 cm³/mol. The van der Waals surface area contributed by atoms with Crippen LogP contribution in [0.4, 0.5) is 5.69 Å². The number of carbonyl (C=O) groups is 1. The van der Waals surface area contributed by atoms with Crippen molar-refractivity contribution < 1.29 is 13.7 Å². The number of benzene rings is 2. The Morgan fingerprint density at radius 2 is 1.88 bits per heavy atom. The number of piperazine rings is 1. The van der Waals surface area contributed by atoms with Crippen LogP contribution in [0.15, 0.2) is 47.4 Å². The van der Waals surface area contributed by atoms with E-state index in [1.54, 1.807) is 54.5 Å². The van der Waals surface area contributed by atoms with Crippen LogP contribution >= 0.6 is 11.6 Å². The van der Waals surface area contributed by atoms with E-state index in [0.717, 1.165) is 13.1 Å². The molecule has 1 aliphatic rings. The molecule has 0 saturated carbocycles. The Balaban J connectivity index is 1.82. The number of carbonyl (C=O) groups excluding carboxylic acids is 1. The van der Waals surface area contributed by atoms with Crippen LogP contribution in [0.5, 0.6) is 5.75 Å². The molecular formula is C18H20ClN3O3S. The topological polar surface area (TPSA) is 70.7 Å². The normalized spacial score (nSPS) is 15.4. The lowest BCUT2D eigenvalue weighted by Gasteiger charge is -2.28. The first-order valence-corrected chi connectivity index (χ1v) is 9.73. The van der Waals surface area contributed by atoms with Gasteiger partial charge in [0.25, 0.3) is 5.91 Å². The van der Waals surface area contributed by atoms with Crippen molar-refractivity contribution >= 4 is 34.2 Å². The van der Waals surface area contributed by atoms with Crippen molar-refractivity contribution in [1.29, 1.82) is 0 Å². The van der Waals surface area contributed by atoms with E-state index in [1.165, 1.54) is 0 Å². The van der Waals surface area contributed by atoms with Gasteiger partial charge in [-0.2, -0.15) is 0 Å². The van der Waals surface area contributed by atoms with Gasteiger partial charge in [-0.25, -0.2) is 4.21 Å². The van der Waals surface area contributed by atoms with Gasteiger partial charge in [0, 0.05) is 31.2 Å². The molecule has 1 heterocycles. The highest BCUT2D eigenvalue weighted by molar-refractivity contribution is 7.86. The maximum absolute atomic E-state index is 12.9. The Morgan fingerprint density at radius 3 is 2.54 bits per heavy atom. The summed E-state index contributed by atoms with van der Waals surface area (Å²) in [4.78, 5) is 15.2. The zero-order valence-electron chi connectivity index (χ0n) is 14.3. The monoisotopic (exact) mass is 393 g/mol. The fourth-order valence-corrected chi connectivity index (χ4v) is 3.73. The van der Waals surface area contributed by atoms with Crippen LogP contribution in [0, 0.1) is 0 Å². The van der Waals surface area contributed by atoms with Gasteiger partial charge in [-0.05, 0) is 42.5 Å². The van der Waals surface area contributed by atoms with Crippen LogP contribution in [0.1, 0.15) is 10.4 Å². The third-order valence-corrected chi connectivity index (χ3v) is 5.43. The summed E-state index contributed by atoms with van der Waals surface area (Å²) in [7, 11) is 0.0606. The number of anilines is 1. The lowest BCUT2D eigenvalue weighted by molar-refractivity contribution is 0.0737. The molecule has 0 spiro atoms. The summed E-state index contributed by atoms with van der Waals surface area (Å²) in [6.07, 6.45) is 0. The predicted octanol–water partition coefficient (Wildman–Crippen LogP) is 2.53. The van der Waals surface area contributed by atoms with Crippen molar-refractivity contribution in [3.8, 4) is 5.75 Å². The van der Waals surface area contributed by atoms with Crippen LogP contribution in [0.2, 0.25) is 5.02 Å². The Morgan fingerprint density at radius 1 is 1.19 bits per heavy atom. The number of hydrogen-bond acceptors (Lipinski definition) is 4. The molecular weight excluding hydrogens is 374 g/mol. The summed E-state index contributed by atoms with van der Waals surface area (Å²) in [5.74, 6) is 0.565. The molecule has 6 nitrogen and oxygen atoms in total. The van der Waals surface area contributed by atoms with E-state index in [1.807, 2.05) is 0 Å². The first kappa shape index (κ1) is 18.7. The smallest absolute Gasteiger partial charge is 0.256 e. The molecule has 0 radical (unpaired) electrons. The fraction of sp³-hybridized carbons (Fsp3) is 0.278. The third-order valence-electron chi connectivity index (χ3n) is 4.09. The number of nitrogens with one attached hydrogen (secondary N) is 2. The molecule has 0 aliphatic carbocycles. The lowest BCUT2D eigenvalue weighted by Crippen LogP contribution is -2.46. The molecule has 3 rings (SSSR count). The molecule has 1 aliphatic heterocycles. The second-order valence-corrected chi connectivity index (χ2v) is 7.43. The highest BCUT2D eigenvalue weighted by atomic mass is 35.5. The van der Waals surface area contributed by atoms with Gasteiger partial charge in [0.2, 0.25) is 0 Å². The maximum atomic E-state index is 12.9. The Labute approximate surface area is 160 Å². The fourth-order valence-electron chi connectivity index (χ4n) is 2.68. The zero-order chi connectivity index (χ0) is 18.5. The van der Waals surface area contributed by atoms with Gasteiger partial charge in [-0.15, -0.1) is 0 Å². The van der Waals surface area contributed by atoms with Crippen LogP contribution in [0.25, 0.3) is 0 Å². The van der Waals surface area contributed by atoms with Crippen molar-refractivity contribution in [2.24, 2.45) is 0 Å². The van der Waals surface area contributed by atoms with Crippen molar-refractivity contribution in [3.05, 3.63) is 53.1 Å². The van der Waals surface area contributed by atoms with Crippen LogP contribution in [-0.2, 0) is 11.0 Å². The molecule has 8 heteroatoms. The number of methoxy groups -OCH3 is 1. The molecule has 0 aromatic heterocycles. The molecule has 2 aromatic carbocycles. The molecule has 1 amide bonds. The van der Waals surface area contributed by atoms with Gasteiger partial charge in [0.15, 0.2) is 0 Å². The second-order valence-electron chi connectivity index (χ2n) is 5.78. The highest BCUT2D eigenvalue weighted by Crippen LogP contribution is 2.24. The number of hydrogen-bond donors (Lipinski definition) is 2. The number of rotatable bonds is 5. The number of halogens is 1. The van der Waals surface area contributed by atoms with Gasteiger partial charge in [-0.1, -0.05) is 11.6 Å². The van der Waals surface area contributed by atoms with E-state index in [2.05, 4.69) is 10.0 Å². The average molecular weight is 394 g/mol. The van der Waals surface area contributed by atoms with Gasteiger partial charge in [-0.3, -0.25) is 4.79 Å². The SMILES string of the molecule is COc1ccc(S(=O)Nc2ccc(Cl)cc2C(=O)N2CCNCC2)cc1. The van der Waals surface area contributed by atoms with Crippen molar-refractivity contribution in [3.63, 3.8) is 0 Å². The van der Waals surface area contributed by atoms with E-state index in [9.17, 15) is 9.00 Å². The first-order chi connectivity index (χ1) is 12.6. The minimum absolute atomic E-state index is 0.122. The molecule has 1 unspecified atom stereocenters. The number of amides is 1. The number of ether oxygens (including phenoxy) is 1. The first-order valence-electron chi connectivity index (χ1n) is 8.20. The summed E-state index contributed by atoms with van der Waals surface area (Å²) in [6, 6.07) is 11.9. The second kappa shape index (κ2) is 8.53. The minimum atomic E-state index is -1.51. The van der Waals surface area contributed by atoms with E-state index in [-0.39, 0.29) is 5.91 Å². The Kier molecular flexibility index (Phi) is 6.13. The van der Waals surface area contributed by atoms with Gasteiger partial charge in [0.05, 0.1) is 23.3 Å². The van der Waals surface area contributed by atoms with E-state index >= 15 is 0 Å². The summed E-state index contributed by atoms with van der Waals surface area (Å²) in [5, 5.41) is 3.68. The number of nitrogens with zero attached hydrogens (tertiary/aromatic N) is 1. The lowest BCUT2D eigenvalue weighted by atomic mass is 10.1. The molecule has 138 valence electrons. The highest BCUT2D eigenvalue weighted by Gasteiger charge is 2.22. The van der Waals surface area contributed by atoms with Gasteiger partial charge < -0.3 is 19.7 Å². The van der Waals surface area contributed by atoms with E-state index < -0.39 is 11.0 Å². The molecule has 2 N–H and O–H groups in total. The van der Waals surface area contributed by atoms with Crippen LogP contribution in [0.3, 0.4) is 0 Å². The quantitative estimate of drug-likeness (QED) is 0.818. The van der Waals surface area contributed by atoms with Crippen LogP contribution in [-0.4, -0.2) is 48.3 Å². The molecule has 2 aromatic rings. The zero-order valence-corrected chi connectivity index (χ0v) is 15.9. The molecule has 1 fully saturated rings. The van der Waals surface area contributed by atoms with E-state index in [0.29, 0.717) is 40.0 Å².